The molecular weight excluding hydrogens is 416 g/mol. The van der Waals surface area contributed by atoms with Crippen molar-refractivity contribution < 1.29 is 9.59 Å². The second kappa shape index (κ2) is 9.70. The largest absolute Gasteiger partial charge is 0.341 e. The summed E-state index contributed by atoms with van der Waals surface area (Å²) in [4.78, 5) is 29.6. The topological polar surface area (TPSA) is 82.5 Å². The van der Waals surface area contributed by atoms with Crippen molar-refractivity contribution in [3.05, 3.63) is 41.6 Å². The molecule has 2 aromatic rings. The van der Waals surface area contributed by atoms with Gasteiger partial charge in [0.25, 0.3) is 0 Å². The Labute approximate surface area is 187 Å². The van der Waals surface area contributed by atoms with Gasteiger partial charge < -0.3 is 10.2 Å². The van der Waals surface area contributed by atoms with Crippen molar-refractivity contribution in [1.29, 1.82) is 0 Å². The van der Waals surface area contributed by atoms with Crippen molar-refractivity contribution in [2.45, 2.75) is 44.2 Å². The third-order valence-corrected chi connectivity index (χ3v) is 6.54. The number of halogens is 1. The molecule has 1 atom stereocenters. The van der Waals surface area contributed by atoms with Crippen molar-refractivity contribution in [2.24, 2.45) is 0 Å². The van der Waals surface area contributed by atoms with Crippen molar-refractivity contribution in [2.75, 3.05) is 37.3 Å². The second-order valence-electron chi connectivity index (χ2n) is 8.27. The molecule has 3 amide bonds. The predicted octanol–water partition coefficient (Wildman–Crippen LogP) is 3.83. The maximum Gasteiger partial charge on any atom is 0.324 e. The first-order chi connectivity index (χ1) is 15.0. The van der Waals surface area contributed by atoms with Gasteiger partial charge in [0.05, 0.1) is 29.0 Å². The monoisotopic (exact) mass is 444 g/mol. The molecule has 0 spiro atoms. The van der Waals surface area contributed by atoms with Crippen molar-refractivity contribution in [3.8, 4) is 0 Å². The van der Waals surface area contributed by atoms with Gasteiger partial charge >= 0.3 is 6.03 Å². The Kier molecular flexibility index (Phi) is 6.77. The van der Waals surface area contributed by atoms with E-state index in [1.807, 2.05) is 28.8 Å². The molecule has 4 rings (SSSR count). The average Bonchev–Trinajstić information content (AvgIpc) is 3.23. The summed E-state index contributed by atoms with van der Waals surface area (Å²) in [5, 5.41) is 10.5. The van der Waals surface area contributed by atoms with Crippen LogP contribution in [0.5, 0.6) is 0 Å². The summed E-state index contributed by atoms with van der Waals surface area (Å²) in [6, 6.07) is 8.65. The van der Waals surface area contributed by atoms with Crippen molar-refractivity contribution >= 4 is 35.0 Å². The Morgan fingerprint density at radius 1 is 1.03 bits per heavy atom. The van der Waals surface area contributed by atoms with Crippen LogP contribution in [0.15, 0.2) is 36.5 Å². The lowest BCUT2D eigenvalue weighted by molar-refractivity contribution is -0.139. The Balaban J connectivity index is 1.34. The van der Waals surface area contributed by atoms with Gasteiger partial charge in [-0.25, -0.2) is 9.48 Å². The van der Waals surface area contributed by atoms with Gasteiger partial charge in [0.15, 0.2) is 0 Å². The molecule has 0 aliphatic carbocycles. The smallest absolute Gasteiger partial charge is 0.324 e. The lowest BCUT2D eigenvalue weighted by Gasteiger charge is -2.38. The van der Waals surface area contributed by atoms with E-state index in [2.05, 4.69) is 20.6 Å². The SMILES string of the molecule is CN1CCCC[C@H]1C(=O)N1CCC(n2nccc2NC(=O)Nc2ccccc2Cl)CC1. The highest BCUT2D eigenvalue weighted by Gasteiger charge is 2.32. The average molecular weight is 445 g/mol. The van der Waals surface area contributed by atoms with E-state index in [4.69, 9.17) is 11.6 Å². The summed E-state index contributed by atoms with van der Waals surface area (Å²) >= 11 is 6.11. The van der Waals surface area contributed by atoms with Crippen LogP contribution in [-0.4, -0.2) is 64.2 Å². The summed E-state index contributed by atoms with van der Waals surface area (Å²) < 4.78 is 1.85. The number of para-hydroxylation sites is 1. The Morgan fingerprint density at radius 3 is 2.55 bits per heavy atom. The van der Waals surface area contributed by atoms with Crippen LogP contribution in [0.4, 0.5) is 16.3 Å². The first-order valence-corrected chi connectivity index (χ1v) is 11.3. The first-order valence-electron chi connectivity index (χ1n) is 10.9. The molecule has 2 aliphatic rings. The molecule has 9 heteroatoms. The molecular formula is C22H29ClN6O2. The number of amides is 3. The number of rotatable bonds is 4. The van der Waals surface area contributed by atoms with Gasteiger partial charge in [-0.05, 0) is 51.4 Å². The summed E-state index contributed by atoms with van der Waals surface area (Å²) in [6.07, 6.45) is 6.54. The van der Waals surface area contributed by atoms with Crippen molar-refractivity contribution in [3.63, 3.8) is 0 Å². The van der Waals surface area contributed by atoms with E-state index in [1.165, 1.54) is 6.42 Å². The minimum Gasteiger partial charge on any atom is -0.341 e. The highest BCUT2D eigenvalue weighted by Crippen LogP contribution is 2.27. The highest BCUT2D eigenvalue weighted by atomic mass is 35.5. The molecule has 0 radical (unpaired) electrons. The molecule has 1 aromatic carbocycles. The molecule has 2 fully saturated rings. The molecule has 2 N–H and O–H groups in total. The lowest BCUT2D eigenvalue weighted by Crippen LogP contribution is -2.51. The fourth-order valence-corrected chi connectivity index (χ4v) is 4.65. The van der Waals surface area contributed by atoms with Crippen LogP contribution in [0.1, 0.15) is 38.1 Å². The number of piperidine rings is 2. The van der Waals surface area contributed by atoms with E-state index in [9.17, 15) is 9.59 Å². The predicted molar refractivity (Wildman–Crippen MR) is 121 cm³/mol. The summed E-state index contributed by atoms with van der Waals surface area (Å²) in [5.41, 5.74) is 0.548. The maximum absolute atomic E-state index is 13.0. The van der Waals surface area contributed by atoms with E-state index < -0.39 is 0 Å². The van der Waals surface area contributed by atoms with Crippen LogP contribution < -0.4 is 10.6 Å². The highest BCUT2D eigenvalue weighted by molar-refractivity contribution is 6.33. The zero-order chi connectivity index (χ0) is 21.8. The molecule has 3 heterocycles. The Bertz CT molecular complexity index is 924. The van der Waals surface area contributed by atoms with Gasteiger partial charge in [-0.3, -0.25) is 15.0 Å². The molecule has 0 bridgehead atoms. The van der Waals surface area contributed by atoms with Crippen LogP contribution in [0.3, 0.4) is 0 Å². The Morgan fingerprint density at radius 2 is 1.81 bits per heavy atom. The van der Waals surface area contributed by atoms with Crippen LogP contribution in [0.2, 0.25) is 5.02 Å². The Hall–Kier alpha value is -2.58. The first kappa shape index (κ1) is 21.6. The van der Waals surface area contributed by atoms with Gasteiger partial charge in [-0.2, -0.15) is 5.10 Å². The van der Waals surface area contributed by atoms with Gasteiger partial charge in [-0.15, -0.1) is 0 Å². The number of nitrogens with one attached hydrogen (secondary N) is 2. The summed E-state index contributed by atoms with van der Waals surface area (Å²) in [7, 11) is 2.05. The fraction of sp³-hybridized carbons (Fsp3) is 0.500. The second-order valence-corrected chi connectivity index (χ2v) is 8.68. The molecule has 8 nitrogen and oxygen atoms in total. The number of aromatic nitrogens is 2. The zero-order valence-corrected chi connectivity index (χ0v) is 18.5. The van der Waals surface area contributed by atoms with E-state index >= 15 is 0 Å². The number of carbonyl (C=O) groups excluding carboxylic acids is 2. The molecule has 2 saturated heterocycles. The van der Waals surface area contributed by atoms with Crippen molar-refractivity contribution in [1.82, 2.24) is 19.6 Å². The molecule has 0 saturated carbocycles. The summed E-state index contributed by atoms with van der Waals surface area (Å²) in [6.45, 7) is 2.41. The normalized spacial score (nSPS) is 20.5. The van der Waals surface area contributed by atoms with Gasteiger partial charge in [0.1, 0.15) is 5.82 Å². The van der Waals surface area contributed by atoms with Gasteiger partial charge in [-0.1, -0.05) is 30.2 Å². The number of hydrogen-bond acceptors (Lipinski definition) is 4. The van der Waals surface area contributed by atoms with Crippen LogP contribution >= 0.6 is 11.6 Å². The number of carbonyl (C=O) groups is 2. The number of urea groups is 1. The van der Waals surface area contributed by atoms with Gasteiger partial charge in [0.2, 0.25) is 5.91 Å². The van der Waals surface area contributed by atoms with E-state index in [-0.39, 0.29) is 24.0 Å². The number of hydrogen-bond donors (Lipinski definition) is 2. The number of likely N-dealkylation sites (tertiary alicyclic amines) is 2. The van der Waals surface area contributed by atoms with Gasteiger partial charge in [0, 0.05) is 19.2 Å². The molecule has 166 valence electrons. The molecule has 2 aliphatic heterocycles. The summed E-state index contributed by atoms with van der Waals surface area (Å²) in [5.74, 6) is 0.875. The lowest BCUT2D eigenvalue weighted by atomic mass is 9.99. The minimum absolute atomic E-state index is 0.0146. The van der Waals surface area contributed by atoms with E-state index in [0.29, 0.717) is 29.6 Å². The molecule has 1 aromatic heterocycles. The maximum atomic E-state index is 13.0. The fourth-order valence-electron chi connectivity index (χ4n) is 4.47. The van der Waals surface area contributed by atoms with Crippen LogP contribution in [0.25, 0.3) is 0 Å². The third kappa shape index (κ3) is 5.02. The number of anilines is 2. The molecule has 0 unspecified atom stereocenters. The number of nitrogens with zero attached hydrogens (tertiary/aromatic N) is 4. The van der Waals surface area contributed by atoms with E-state index in [1.54, 1.807) is 24.4 Å². The number of benzene rings is 1. The van der Waals surface area contributed by atoms with Crippen LogP contribution in [-0.2, 0) is 4.79 Å². The standard InChI is InChI=1S/C22H29ClN6O2/c1-27-13-5-4-8-19(27)21(30)28-14-10-16(11-15-28)29-20(9-12-24-29)26-22(31)25-18-7-3-2-6-17(18)23/h2-3,6-7,9,12,16,19H,4-5,8,10-11,13-15H2,1H3,(H2,25,26,31)/t19-/m0/s1. The quantitative estimate of drug-likeness (QED) is 0.750. The number of likely N-dealkylation sites (N-methyl/N-ethyl adjacent to an activating group) is 1. The van der Waals surface area contributed by atoms with E-state index in [0.717, 1.165) is 32.2 Å². The minimum atomic E-state index is -0.372. The van der Waals surface area contributed by atoms with Crippen LogP contribution in [0, 0.1) is 0 Å². The third-order valence-electron chi connectivity index (χ3n) is 6.21. The molecule has 31 heavy (non-hydrogen) atoms. The zero-order valence-electron chi connectivity index (χ0n) is 17.8.